The number of aromatic amines is 1. The van der Waals surface area contributed by atoms with Gasteiger partial charge < -0.3 is 9.72 Å². The molecular weight excluding hydrogens is 284 g/mol. The highest BCUT2D eigenvalue weighted by Gasteiger charge is 2.26. The molecule has 0 aromatic carbocycles. The highest BCUT2D eigenvalue weighted by molar-refractivity contribution is 7.19. The summed E-state index contributed by atoms with van der Waals surface area (Å²) in [5.74, 6) is -0.783. The number of pyridine rings is 1. The van der Waals surface area contributed by atoms with Crippen molar-refractivity contribution < 1.29 is 14.5 Å². The van der Waals surface area contributed by atoms with Crippen LogP contribution in [0.3, 0.4) is 0 Å². The van der Waals surface area contributed by atoms with Crippen molar-refractivity contribution >= 4 is 33.2 Å². The van der Waals surface area contributed by atoms with Crippen LogP contribution in [0.1, 0.15) is 29.1 Å². The smallest absolute Gasteiger partial charge is 0.343 e. The number of fused-ring (bicyclic) bond motifs is 1. The molecule has 20 heavy (non-hydrogen) atoms. The van der Waals surface area contributed by atoms with Crippen LogP contribution in [0.4, 0.5) is 5.69 Å². The fourth-order valence-electron chi connectivity index (χ4n) is 1.91. The van der Waals surface area contributed by atoms with E-state index in [1.807, 2.05) is 0 Å². The monoisotopic (exact) mass is 296 g/mol. The topological polar surface area (TPSA) is 102 Å². The van der Waals surface area contributed by atoms with Crippen LogP contribution in [0.15, 0.2) is 11.0 Å². The zero-order chi connectivity index (χ0) is 14.9. The molecule has 2 aromatic rings. The van der Waals surface area contributed by atoms with E-state index in [0.29, 0.717) is 16.1 Å². The molecule has 0 unspecified atom stereocenters. The Hall–Kier alpha value is -2.22. The number of carbonyl (C=O) groups excluding carboxylic acids is 1. The van der Waals surface area contributed by atoms with E-state index in [2.05, 4.69) is 4.98 Å². The van der Waals surface area contributed by atoms with E-state index in [9.17, 15) is 19.7 Å². The number of nitro groups is 1. The maximum Gasteiger partial charge on any atom is 0.343 e. The number of nitrogens with one attached hydrogen (secondary N) is 1. The fourth-order valence-corrected chi connectivity index (χ4v) is 2.99. The van der Waals surface area contributed by atoms with E-state index in [-0.39, 0.29) is 23.2 Å². The Kier molecular flexibility index (Phi) is 3.84. The number of aromatic nitrogens is 1. The maximum atomic E-state index is 12.3. The quantitative estimate of drug-likeness (QED) is 0.529. The van der Waals surface area contributed by atoms with Crippen LogP contribution in [0.2, 0.25) is 0 Å². The van der Waals surface area contributed by atoms with Crippen molar-refractivity contribution in [2.45, 2.75) is 20.3 Å². The van der Waals surface area contributed by atoms with Crippen LogP contribution in [-0.2, 0) is 11.2 Å². The number of thiophene rings is 1. The lowest BCUT2D eigenvalue weighted by atomic mass is 10.2. The second-order valence-electron chi connectivity index (χ2n) is 3.94. The van der Waals surface area contributed by atoms with Gasteiger partial charge in [-0.25, -0.2) is 4.79 Å². The van der Waals surface area contributed by atoms with Crippen LogP contribution >= 0.6 is 11.3 Å². The summed E-state index contributed by atoms with van der Waals surface area (Å²) in [7, 11) is 0. The van der Waals surface area contributed by atoms with Crippen LogP contribution < -0.4 is 5.43 Å². The SMILES string of the molecule is CCOC(=O)c1c[nH]c2sc(CC)c([N+](=O)[O-])c2c1=O. The van der Waals surface area contributed by atoms with Crippen LogP contribution in [0.25, 0.3) is 10.2 Å². The molecule has 0 amide bonds. The Balaban J connectivity index is 2.77. The van der Waals surface area contributed by atoms with Crippen molar-refractivity contribution in [2.24, 2.45) is 0 Å². The minimum atomic E-state index is -0.783. The molecule has 0 fully saturated rings. The second kappa shape index (κ2) is 5.41. The van der Waals surface area contributed by atoms with Gasteiger partial charge in [-0.1, -0.05) is 6.92 Å². The fraction of sp³-hybridized carbons (Fsp3) is 0.333. The minimum Gasteiger partial charge on any atom is -0.462 e. The molecule has 0 saturated carbocycles. The van der Waals surface area contributed by atoms with Crippen molar-refractivity contribution in [3.63, 3.8) is 0 Å². The molecule has 2 heterocycles. The molecule has 0 spiro atoms. The predicted octanol–water partition coefficient (Wildman–Crippen LogP) is 2.24. The first kappa shape index (κ1) is 14.2. The van der Waals surface area contributed by atoms with Gasteiger partial charge in [0.2, 0.25) is 5.43 Å². The molecule has 2 rings (SSSR count). The second-order valence-corrected chi connectivity index (χ2v) is 5.05. The molecule has 106 valence electrons. The molecule has 7 nitrogen and oxygen atoms in total. The molecule has 8 heteroatoms. The van der Waals surface area contributed by atoms with Gasteiger partial charge in [-0.05, 0) is 13.3 Å². The van der Waals surface area contributed by atoms with Gasteiger partial charge in [0.05, 0.1) is 16.4 Å². The lowest BCUT2D eigenvalue weighted by Gasteiger charge is -2.00. The summed E-state index contributed by atoms with van der Waals surface area (Å²) in [6.07, 6.45) is 1.68. The number of esters is 1. The summed E-state index contributed by atoms with van der Waals surface area (Å²) < 4.78 is 4.77. The van der Waals surface area contributed by atoms with Gasteiger partial charge in [-0.3, -0.25) is 14.9 Å². The lowest BCUT2D eigenvalue weighted by molar-refractivity contribution is -0.383. The third kappa shape index (κ3) is 2.18. The van der Waals surface area contributed by atoms with E-state index in [1.165, 1.54) is 6.20 Å². The predicted molar refractivity (Wildman–Crippen MR) is 74.4 cm³/mol. The summed E-state index contributed by atoms with van der Waals surface area (Å²) in [5.41, 5.74) is -1.11. The zero-order valence-corrected chi connectivity index (χ0v) is 11.7. The number of nitrogens with zero attached hydrogens (tertiary/aromatic N) is 1. The highest BCUT2D eigenvalue weighted by Crippen LogP contribution is 2.34. The normalized spacial score (nSPS) is 10.7. The minimum absolute atomic E-state index is 0.0533. The van der Waals surface area contributed by atoms with Crippen molar-refractivity contribution in [3.05, 3.63) is 37.0 Å². The van der Waals surface area contributed by atoms with Crippen molar-refractivity contribution in [1.82, 2.24) is 4.98 Å². The van der Waals surface area contributed by atoms with E-state index >= 15 is 0 Å². The number of rotatable bonds is 4. The standard InChI is InChI=1S/C12H12N2O5S/c1-3-7-9(14(17)18)8-10(15)6(12(16)19-4-2)5-13-11(8)20-7/h5H,3-4H2,1-2H3,(H,13,15). The largest absolute Gasteiger partial charge is 0.462 e. The van der Waals surface area contributed by atoms with Gasteiger partial charge in [-0.15, -0.1) is 11.3 Å². The van der Waals surface area contributed by atoms with Crippen LogP contribution in [0.5, 0.6) is 0 Å². The molecule has 0 saturated heterocycles. The molecule has 1 N–H and O–H groups in total. The Morgan fingerprint density at radius 2 is 2.20 bits per heavy atom. The molecule has 0 aliphatic heterocycles. The number of aryl methyl sites for hydroxylation is 1. The molecule has 2 aromatic heterocycles. The Morgan fingerprint density at radius 3 is 2.75 bits per heavy atom. The molecule has 0 atom stereocenters. The van der Waals surface area contributed by atoms with Crippen molar-refractivity contribution in [2.75, 3.05) is 6.61 Å². The summed E-state index contributed by atoms with van der Waals surface area (Å²) in [6, 6.07) is 0. The first-order valence-electron chi connectivity index (χ1n) is 5.99. The number of H-pyrrole nitrogens is 1. The zero-order valence-electron chi connectivity index (χ0n) is 10.9. The average Bonchev–Trinajstić information content (AvgIpc) is 2.78. The summed E-state index contributed by atoms with van der Waals surface area (Å²) in [5, 5.41) is 11.1. The van der Waals surface area contributed by atoms with E-state index < -0.39 is 16.3 Å². The van der Waals surface area contributed by atoms with E-state index in [1.54, 1.807) is 13.8 Å². The molecule has 0 radical (unpaired) electrons. The first-order chi connectivity index (χ1) is 9.51. The van der Waals surface area contributed by atoms with Gasteiger partial charge in [0, 0.05) is 6.20 Å². The Morgan fingerprint density at radius 1 is 1.50 bits per heavy atom. The van der Waals surface area contributed by atoms with Gasteiger partial charge in [0.15, 0.2) is 0 Å². The third-order valence-corrected chi connectivity index (χ3v) is 4.03. The Labute approximate surface area is 117 Å². The van der Waals surface area contributed by atoms with Gasteiger partial charge >= 0.3 is 5.97 Å². The molecule has 0 aliphatic rings. The van der Waals surface area contributed by atoms with Gasteiger partial charge in [0.25, 0.3) is 5.69 Å². The summed E-state index contributed by atoms with van der Waals surface area (Å²) in [6.45, 7) is 3.52. The first-order valence-corrected chi connectivity index (χ1v) is 6.81. The van der Waals surface area contributed by atoms with Gasteiger partial charge in [0.1, 0.15) is 15.8 Å². The number of carbonyl (C=O) groups is 1. The molecule has 0 aliphatic carbocycles. The lowest BCUT2D eigenvalue weighted by Crippen LogP contribution is -2.18. The third-order valence-electron chi connectivity index (χ3n) is 2.77. The number of hydrogen-bond donors (Lipinski definition) is 1. The maximum absolute atomic E-state index is 12.3. The van der Waals surface area contributed by atoms with Crippen molar-refractivity contribution in [1.29, 1.82) is 0 Å². The average molecular weight is 296 g/mol. The molecule has 0 bridgehead atoms. The van der Waals surface area contributed by atoms with Crippen LogP contribution in [0, 0.1) is 10.1 Å². The summed E-state index contributed by atoms with van der Waals surface area (Å²) >= 11 is 1.15. The highest BCUT2D eigenvalue weighted by atomic mass is 32.1. The van der Waals surface area contributed by atoms with Crippen LogP contribution in [-0.4, -0.2) is 22.5 Å². The summed E-state index contributed by atoms with van der Waals surface area (Å²) in [4.78, 5) is 38.2. The number of hydrogen-bond acceptors (Lipinski definition) is 6. The van der Waals surface area contributed by atoms with E-state index in [0.717, 1.165) is 11.3 Å². The molecular formula is C12H12N2O5S. The van der Waals surface area contributed by atoms with Gasteiger partial charge in [-0.2, -0.15) is 0 Å². The van der Waals surface area contributed by atoms with Crippen molar-refractivity contribution in [3.8, 4) is 0 Å². The Bertz CT molecular complexity index is 746. The van der Waals surface area contributed by atoms with E-state index in [4.69, 9.17) is 4.74 Å². The number of ether oxygens (including phenoxy) is 1.